The largest absolute Gasteiger partial charge is 0.467 e. The van der Waals surface area contributed by atoms with Gasteiger partial charge in [-0.15, -0.1) is 0 Å². The number of fused-ring (bicyclic) bond motifs is 1. The lowest BCUT2D eigenvalue weighted by atomic mass is 10.0. The number of hydrogen-bond donors (Lipinski definition) is 2. The molecule has 1 atom stereocenters. The van der Waals surface area contributed by atoms with E-state index in [1.807, 2.05) is 24.3 Å². The summed E-state index contributed by atoms with van der Waals surface area (Å²) >= 11 is 0. The molecular formula is C20H22N4O5. The highest BCUT2D eigenvalue weighted by Gasteiger charge is 2.24. The molecule has 0 aliphatic carbocycles. The second kappa shape index (κ2) is 9.16. The van der Waals surface area contributed by atoms with Crippen molar-refractivity contribution in [2.75, 3.05) is 20.8 Å². The summed E-state index contributed by atoms with van der Waals surface area (Å²) in [6, 6.07) is 9.34. The van der Waals surface area contributed by atoms with E-state index >= 15 is 0 Å². The first-order chi connectivity index (χ1) is 14.0. The Morgan fingerprint density at radius 3 is 2.76 bits per heavy atom. The minimum atomic E-state index is -0.909. The minimum absolute atomic E-state index is 0.0218. The maximum absolute atomic E-state index is 12.7. The van der Waals surface area contributed by atoms with Crippen molar-refractivity contribution in [2.24, 2.45) is 0 Å². The quantitative estimate of drug-likeness (QED) is 0.545. The van der Waals surface area contributed by atoms with Gasteiger partial charge in [0.05, 0.1) is 20.3 Å². The molecule has 9 nitrogen and oxygen atoms in total. The van der Waals surface area contributed by atoms with E-state index in [1.54, 1.807) is 6.20 Å². The number of esters is 1. The summed E-state index contributed by atoms with van der Waals surface area (Å²) in [4.78, 5) is 39.9. The van der Waals surface area contributed by atoms with Gasteiger partial charge in [-0.25, -0.2) is 9.48 Å². The van der Waals surface area contributed by atoms with Crippen LogP contribution >= 0.6 is 0 Å². The Morgan fingerprint density at radius 1 is 1.21 bits per heavy atom. The van der Waals surface area contributed by atoms with Crippen LogP contribution in [0.25, 0.3) is 10.9 Å². The Morgan fingerprint density at radius 2 is 2.00 bits per heavy atom. The molecule has 2 N–H and O–H groups in total. The highest BCUT2D eigenvalue weighted by molar-refractivity contribution is 5.95. The van der Waals surface area contributed by atoms with E-state index in [2.05, 4.69) is 15.4 Å². The van der Waals surface area contributed by atoms with Gasteiger partial charge in [0, 0.05) is 36.7 Å². The van der Waals surface area contributed by atoms with Crippen molar-refractivity contribution in [1.29, 1.82) is 0 Å². The van der Waals surface area contributed by atoms with Crippen LogP contribution in [0.3, 0.4) is 0 Å². The number of hydrogen-bond acceptors (Lipinski definition) is 6. The number of nitrogens with zero attached hydrogens (tertiary/aromatic N) is 2. The highest BCUT2D eigenvalue weighted by atomic mass is 16.5. The van der Waals surface area contributed by atoms with Gasteiger partial charge in [-0.05, 0) is 17.7 Å². The molecule has 3 rings (SSSR count). The number of rotatable bonds is 8. The third kappa shape index (κ3) is 4.69. The van der Waals surface area contributed by atoms with Crippen molar-refractivity contribution in [3.8, 4) is 0 Å². The SMILES string of the molecule is COCCn1nc(C(=O)N[C@H](Cc2c[nH]c3ccccc23)C(=O)OC)ccc1=O. The number of nitrogens with one attached hydrogen (secondary N) is 2. The topological polar surface area (TPSA) is 115 Å². The molecule has 0 aliphatic heterocycles. The van der Waals surface area contributed by atoms with Crippen LogP contribution in [0, 0.1) is 0 Å². The first kappa shape index (κ1) is 20.3. The molecular weight excluding hydrogens is 376 g/mol. The van der Waals surface area contributed by atoms with Crippen molar-refractivity contribution in [2.45, 2.75) is 19.0 Å². The standard InChI is InChI=1S/C20H22N4O5/c1-28-10-9-24-18(25)8-7-16(23-24)19(26)22-17(20(27)29-2)11-13-12-21-15-6-4-3-5-14(13)15/h3-8,12,17,21H,9-11H2,1-2H3,(H,22,26)/t17-/m1/s1. The van der Waals surface area contributed by atoms with Crippen molar-refractivity contribution in [3.63, 3.8) is 0 Å². The van der Waals surface area contributed by atoms with Crippen LogP contribution in [0.1, 0.15) is 16.1 Å². The van der Waals surface area contributed by atoms with Gasteiger partial charge in [0.1, 0.15) is 11.7 Å². The van der Waals surface area contributed by atoms with Crippen molar-refractivity contribution in [1.82, 2.24) is 20.1 Å². The van der Waals surface area contributed by atoms with Gasteiger partial charge in [0.15, 0.2) is 0 Å². The van der Waals surface area contributed by atoms with Gasteiger partial charge in [-0.2, -0.15) is 5.10 Å². The van der Waals surface area contributed by atoms with Crippen molar-refractivity contribution >= 4 is 22.8 Å². The number of H-pyrrole nitrogens is 1. The number of amides is 1. The molecule has 2 aromatic heterocycles. The third-order valence-corrected chi connectivity index (χ3v) is 4.50. The van der Waals surface area contributed by atoms with Crippen molar-refractivity contribution < 1.29 is 19.1 Å². The van der Waals surface area contributed by atoms with E-state index in [9.17, 15) is 14.4 Å². The van der Waals surface area contributed by atoms with Crippen LogP contribution in [0.2, 0.25) is 0 Å². The number of para-hydroxylation sites is 1. The number of aromatic nitrogens is 3. The fraction of sp³-hybridized carbons (Fsp3) is 0.300. The summed E-state index contributed by atoms with van der Waals surface area (Å²) < 4.78 is 10.9. The summed E-state index contributed by atoms with van der Waals surface area (Å²) in [6.45, 7) is 0.496. The number of carbonyl (C=O) groups excluding carboxylic acids is 2. The smallest absolute Gasteiger partial charge is 0.328 e. The van der Waals surface area contributed by atoms with Gasteiger partial charge >= 0.3 is 5.97 Å². The summed E-state index contributed by atoms with van der Waals surface area (Å²) in [6.07, 6.45) is 2.04. The lowest BCUT2D eigenvalue weighted by molar-refractivity contribution is -0.142. The van der Waals surface area contributed by atoms with Crippen molar-refractivity contribution in [3.05, 3.63) is 64.2 Å². The van der Waals surface area contributed by atoms with E-state index in [-0.39, 0.29) is 30.8 Å². The summed E-state index contributed by atoms with van der Waals surface area (Å²) in [5, 5.41) is 7.66. The highest BCUT2D eigenvalue weighted by Crippen LogP contribution is 2.19. The van der Waals surface area contributed by atoms with E-state index in [0.29, 0.717) is 0 Å². The molecule has 3 aromatic rings. The lowest BCUT2D eigenvalue weighted by Gasteiger charge is -2.16. The average Bonchev–Trinajstić information content (AvgIpc) is 3.15. The molecule has 0 radical (unpaired) electrons. The second-order valence-electron chi connectivity index (χ2n) is 6.39. The van der Waals surface area contributed by atoms with Crippen LogP contribution in [-0.4, -0.2) is 53.5 Å². The zero-order chi connectivity index (χ0) is 20.8. The predicted octanol–water partition coefficient (Wildman–Crippen LogP) is 0.885. The maximum Gasteiger partial charge on any atom is 0.328 e. The number of methoxy groups -OCH3 is 2. The molecule has 2 heterocycles. The zero-order valence-electron chi connectivity index (χ0n) is 16.2. The molecule has 1 aromatic carbocycles. The Balaban J connectivity index is 1.81. The van der Waals surface area contributed by atoms with Gasteiger partial charge < -0.3 is 19.8 Å². The number of aromatic amines is 1. The summed E-state index contributed by atoms with van der Waals surface area (Å²) in [7, 11) is 2.77. The number of carbonyl (C=O) groups is 2. The number of ether oxygens (including phenoxy) is 2. The Labute approximate surface area is 166 Å². The Kier molecular flexibility index (Phi) is 6.40. The fourth-order valence-electron chi connectivity index (χ4n) is 3.00. The van der Waals surface area contributed by atoms with E-state index in [0.717, 1.165) is 21.1 Å². The zero-order valence-corrected chi connectivity index (χ0v) is 16.2. The van der Waals surface area contributed by atoms with Crippen LogP contribution in [-0.2, 0) is 27.2 Å². The van der Waals surface area contributed by atoms with Crippen LogP contribution in [0.4, 0.5) is 0 Å². The van der Waals surface area contributed by atoms with Crippen LogP contribution in [0.15, 0.2) is 47.4 Å². The average molecular weight is 398 g/mol. The van der Waals surface area contributed by atoms with Gasteiger partial charge in [-0.1, -0.05) is 18.2 Å². The third-order valence-electron chi connectivity index (χ3n) is 4.50. The molecule has 152 valence electrons. The molecule has 0 aliphatic rings. The van der Waals surface area contributed by atoms with Crippen LogP contribution in [0.5, 0.6) is 0 Å². The summed E-state index contributed by atoms with van der Waals surface area (Å²) in [5.74, 6) is -1.15. The lowest BCUT2D eigenvalue weighted by Crippen LogP contribution is -2.43. The molecule has 0 saturated heterocycles. The first-order valence-corrected chi connectivity index (χ1v) is 9.04. The van der Waals surface area contributed by atoms with E-state index < -0.39 is 17.9 Å². The number of benzene rings is 1. The van der Waals surface area contributed by atoms with Crippen LogP contribution < -0.4 is 10.9 Å². The Bertz CT molecular complexity index is 1070. The molecule has 29 heavy (non-hydrogen) atoms. The van der Waals surface area contributed by atoms with E-state index in [1.165, 1.54) is 26.4 Å². The molecule has 1 amide bonds. The van der Waals surface area contributed by atoms with E-state index in [4.69, 9.17) is 9.47 Å². The second-order valence-corrected chi connectivity index (χ2v) is 6.39. The normalized spacial score (nSPS) is 11.9. The predicted molar refractivity (Wildman–Crippen MR) is 106 cm³/mol. The monoisotopic (exact) mass is 398 g/mol. The summed E-state index contributed by atoms with van der Waals surface area (Å²) in [5.41, 5.74) is 1.48. The molecule has 0 saturated carbocycles. The Hall–Kier alpha value is -3.46. The van der Waals surface area contributed by atoms with Gasteiger partial charge in [-0.3, -0.25) is 9.59 Å². The minimum Gasteiger partial charge on any atom is -0.467 e. The first-order valence-electron chi connectivity index (χ1n) is 9.04. The molecule has 0 bridgehead atoms. The molecule has 0 fully saturated rings. The van der Waals surface area contributed by atoms with Gasteiger partial charge in [0.2, 0.25) is 0 Å². The molecule has 9 heteroatoms. The molecule has 0 spiro atoms. The maximum atomic E-state index is 12.7. The van der Waals surface area contributed by atoms with Gasteiger partial charge in [0.25, 0.3) is 11.5 Å². The molecule has 0 unspecified atom stereocenters. The fourth-order valence-corrected chi connectivity index (χ4v) is 3.00.